The standard InChI is InChI=1S/C40H35N7S2/c1-2-3-4-5-6-7-8-9-10-11-14-29-15-12-13-16-34(29)47-35(39-21-19-37(48-39)32(27-45)30(23-41)24-42)17-18-36(47)40-22-20-38(49-40)33(28-46)31(25-43)26-44/h12-13,15-22H,2-11,14H2,1H3. The van der Waals surface area contributed by atoms with Gasteiger partial charge in [0.05, 0.1) is 32.3 Å². The Morgan fingerprint density at radius 3 is 1.43 bits per heavy atom. The van der Waals surface area contributed by atoms with E-state index in [1.165, 1.54) is 79.6 Å². The zero-order chi connectivity index (χ0) is 35.0. The minimum absolute atomic E-state index is 0.0467. The van der Waals surface area contributed by atoms with Crippen molar-refractivity contribution in [2.75, 3.05) is 0 Å². The quantitative estimate of drug-likeness (QED) is 0.0851. The summed E-state index contributed by atoms with van der Waals surface area (Å²) < 4.78 is 2.17. The van der Waals surface area contributed by atoms with Crippen molar-refractivity contribution in [3.8, 4) is 63.2 Å². The van der Waals surface area contributed by atoms with Gasteiger partial charge in [0.1, 0.15) is 47.6 Å². The molecule has 0 unspecified atom stereocenters. The lowest BCUT2D eigenvalue weighted by atomic mass is 10.0. The maximum Gasteiger partial charge on any atom is 0.148 e. The molecule has 0 saturated heterocycles. The summed E-state index contributed by atoms with van der Waals surface area (Å²) in [5, 5.41) is 57.2. The summed E-state index contributed by atoms with van der Waals surface area (Å²) in [7, 11) is 0. The smallest absolute Gasteiger partial charge is 0.148 e. The maximum absolute atomic E-state index is 9.78. The molecule has 242 valence electrons. The first kappa shape index (κ1) is 36.2. The molecule has 0 aliphatic heterocycles. The van der Waals surface area contributed by atoms with Crippen LogP contribution in [0.5, 0.6) is 0 Å². The van der Waals surface area contributed by atoms with Crippen molar-refractivity contribution in [3.63, 3.8) is 0 Å². The molecule has 0 saturated carbocycles. The zero-order valence-electron chi connectivity index (χ0n) is 27.5. The van der Waals surface area contributed by atoms with E-state index in [1.807, 2.05) is 66.7 Å². The van der Waals surface area contributed by atoms with Crippen molar-refractivity contribution in [2.45, 2.75) is 77.6 Å². The molecule has 3 aromatic heterocycles. The van der Waals surface area contributed by atoms with Gasteiger partial charge in [0.15, 0.2) is 0 Å². The van der Waals surface area contributed by atoms with Crippen molar-refractivity contribution < 1.29 is 0 Å². The zero-order valence-corrected chi connectivity index (χ0v) is 29.1. The van der Waals surface area contributed by atoms with Gasteiger partial charge < -0.3 is 4.57 Å². The number of thiophene rings is 2. The summed E-state index contributed by atoms with van der Waals surface area (Å²) in [6.07, 6.45) is 13.5. The van der Waals surface area contributed by atoms with Crippen LogP contribution in [-0.4, -0.2) is 4.57 Å². The van der Waals surface area contributed by atoms with Gasteiger partial charge in [0.25, 0.3) is 0 Å². The molecular formula is C40H35N7S2. The lowest BCUT2D eigenvalue weighted by Gasteiger charge is -2.17. The van der Waals surface area contributed by atoms with Crippen LogP contribution in [0, 0.1) is 68.0 Å². The molecule has 0 fully saturated rings. The van der Waals surface area contributed by atoms with Crippen molar-refractivity contribution in [3.05, 3.63) is 87.1 Å². The SMILES string of the molecule is CCCCCCCCCCCCc1ccccc1-n1c(-c2ccc(C(C#N)=C(C#N)C#N)s2)ccc1-c1ccc(C(C#N)=C(C#N)C#N)s1. The van der Waals surface area contributed by atoms with Crippen LogP contribution in [-0.2, 0) is 6.42 Å². The molecular weight excluding hydrogens is 643 g/mol. The minimum Gasteiger partial charge on any atom is -0.307 e. The van der Waals surface area contributed by atoms with E-state index in [0.29, 0.717) is 9.75 Å². The highest BCUT2D eigenvalue weighted by Gasteiger charge is 2.21. The Bertz CT molecular complexity index is 1950. The van der Waals surface area contributed by atoms with Crippen LogP contribution in [0.4, 0.5) is 0 Å². The summed E-state index contributed by atoms with van der Waals surface area (Å²) in [6.45, 7) is 2.24. The second-order valence-electron chi connectivity index (χ2n) is 11.5. The number of aryl methyl sites for hydroxylation is 1. The lowest BCUT2D eigenvalue weighted by molar-refractivity contribution is 0.556. The topological polar surface area (TPSA) is 148 Å². The van der Waals surface area contributed by atoms with E-state index >= 15 is 0 Å². The van der Waals surface area contributed by atoms with Gasteiger partial charge in [0, 0.05) is 15.4 Å². The normalized spacial score (nSPS) is 10.1. The number of nitrogens with zero attached hydrogens (tertiary/aromatic N) is 7. The number of aromatic nitrogens is 1. The molecule has 4 aromatic rings. The molecule has 0 atom stereocenters. The second-order valence-corrected chi connectivity index (χ2v) is 13.7. The van der Waals surface area contributed by atoms with Gasteiger partial charge in [-0.15, -0.1) is 22.7 Å². The molecule has 49 heavy (non-hydrogen) atoms. The number of rotatable bonds is 16. The van der Waals surface area contributed by atoms with Crippen molar-refractivity contribution in [2.24, 2.45) is 0 Å². The molecule has 4 rings (SSSR count). The largest absolute Gasteiger partial charge is 0.307 e. The van der Waals surface area contributed by atoms with E-state index in [2.05, 4.69) is 29.7 Å². The van der Waals surface area contributed by atoms with Crippen LogP contribution in [0.1, 0.15) is 86.4 Å². The lowest BCUT2D eigenvalue weighted by Crippen LogP contribution is -2.03. The van der Waals surface area contributed by atoms with Gasteiger partial charge in [-0.1, -0.05) is 82.9 Å². The van der Waals surface area contributed by atoms with Crippen LogP contribution in [0.25, 0.3) is 38.0 Å². The number of hydrogen-bond acceptors (Lipinski definition) is 8. The third-order valence-electron chi connectivity index (χ3n) is 8.29. The number of unbranched alkanes of at least 4 members (excludes halogenated alkanes) is 9. The van der Waals surface area contributed by atoms with E-state index in [0.717, 1.165) is 46.1 Å². The molecule has 0 amide bonds. The predicted molar refractivity (Wildman–Crippen MR) is 195 cm³/mol. The first-order valence-electron chi connectivity index (χ1n) is 16.4. The van der Waals surface area contributed by atoms with E-state index in [9.17, 15) is 31.6 Å². The van der Waals surface area contributed by atoms with E-state index in [-0.39, 0.29) is 22.3 Å². The van der Waals surface area contributed by atoms with Gasteiger partial charge in [0.2, 0.25) is 0 Å². The molecule has 0 radical (unpaired) electrons. The minimum atomic E-state index is -0.226. The van der Waals surface area contributed by atoms with Crippen molar-refractivity contribution >= 4 is 33.8 Å². The molecule has 0 aliphatic rings. The Kier molecular flexibility index (Phi) is 13.7. The van der Waals surface area contributed by atoms with Crippen LogP contribution in [0.3, 0.4) is 0 Å². The molecule has 7 nitrogen and oxygen atoms in total. The highest BCUT2D eigenvalue weighted by molar-refractivity contribution is 7.17. The summed E-state index contributed by atoms with van der Waals surface area (Å²) >= 11 is 2.67. The monoisotopic (exact) mass is 677 g/mol. The molecule has 0 bridgehead atoms. The Morgan fingerprint density at radius 2 is 0.980 bits per heavy atom. The van der Waals surface area contributed by atoms with Gasteiger partial charge in [-0.3, -0.25) is 0 Å². The summed E-state index contributed by atoms with van der Waals surface area (Å²) in [5.41, 5.74) is 3.58. The fourth-order valence-corrected chi connectivity index (χ4v) is 7.83. The van der Waals surface area contributed by atoms with Crippen molar-refractivity contribution in [1.29, 1.82) is 31.6 Å². The predicted octanol–water partition coefficient (Wildman–Crippen LogP) is 11.0. The number of hydrogen-bond donors (Lipinski definition) is 0. The summed E-state index contributed by atoms with van der Waals surface area (Å²) in [4.78, 5) is 2.77. The van der Waals surface area contributed by atoms with Gasteiger partial charge in [-0.2, -0.15) is 31.6 Å². The third kappa shape index (κ3) is 8.82. The van der Waals surface area contributed by atoms with Gasteiger partial charge >= 0.3 is 0 Å². The molecule has 9 heteroatoms. The van der Waals surface area contributed by atoms with E-state index in [4.69, 9.17) is 0 Å². The molecule has 0 N–H and O–H groups in total. The Balaban J connectivity index is 1.72. The molecule has 0 spiro atoms. The van der Waals surface area contributed by atoms with Crippen LogP contribution in [0.2, 0.25) is 0 Å². The Labute approximate surface area is 296 Å². The second kappa shape index (κ2) is 18.6. The average molecular weight is 678 g/mol. The number of nitriles is 6. The van der Waals surface area contributed by atoms with Crippen molar-refractivity contribution in [1.82, 2.24) is 4.57 Å². The molecule has 1 aromatic carbocycles. The van der Waals surface area contributed by atoms with Crippen LogP contribution in [0.15, 0.2) is 71.8 Å². The summed E-state index contributed by atoms with van der Waals surface area (Å²) in [5.74, 6) is 0. The fourth-order valence-electron chi connectivity index (χ4n) is 5.79. The first-order valence-corrected chi connectivity index (χ1v) is 18.1. The number of allylic oxidation sites excluding steroid dienone is 4. The van der Waals surface area contributed by atoms with E-state index < -0.39 is 0 Å². The fraction of sp³-hybridized carbons (Fsp3) is 0.300. The highest BCUT2D eigenvalue weighted by atomic mass is 32.1. The first-order chi connectivity index (χ1) is 24.0. The van der Waals surface area contributed by atoms with Crippen LogP contribution < -0.4 is 0 Å². The molecule has 0 aliphatic carbocycles. The Hall–Kier alpha value is -5.68. The third-order valence-corrected chi connectivity index (χ3v) is 10.5. The maximum atomic E-state index is 9.78. The van der Waals surface area contributed by atoms with E-state index in [1.54, 1.807) is 12.1 Å². The van der Waals surface area contributed by atoms with Gasteiger partial charge in [-0.25, -0.2) is 0 Å². The summed E-state index contributed by atoms with van der Waals surface area (Å²) in [6, 6.07) is 31.0. The Morgan fingerprint density at radius 1 is 0.531 bits per heavy atom. The average Bonchev–Trinajstić information content (AvgIpc) is 3.90. The molecule has 3 heterocycles. The van der Waals surface area contributed by atoms with Gasteiger partial charge in [-0.05, 0) is 60.9 Å². The number of benzene rings is 1. The van der Waals surface area contributed by atoms with Crippen LogP contribution >= 0.6 is 22.7 Å². The number of para-hydroxylation sites is 1. The highest BCUT2D eigenvalue weighted by Crippen LogP contribution is 2.41.